The van der Waals surface area contributed by atoms with Gasteiger partial charge in [0.2, 0.25) is 0 Å². The summed E-state index contributed by atoms with van der Waals surface area (Å²) < 4.78 is 62.9. The quantitative estimate of drug-likeness (QED) is 0.647. The average Bonchev–Trinajstić information content (AvgIpc) is 2.78. The summed E-state index contributed by atoms with van der Waals surface area (Å²) in [7, 11) is 0. The Labute approximate surface area is 126 Å². The fraction of sp³-hybridized carbons (Fsp3) is 0.182. The molecule has 104 valence electrons. The zero-order chi connectivity index (χ0) is 15.1. The first-order valence-electron chi connectivity index (χ1n) is 4.99. The molecule has 10 heteroatoms. The van der Waals surface area contributed by atoms with Gasteiger partial charge in [0, 0.05) is 0 Å². The van der Waals surface area contributed by atoms with Gasteiger partial charge in [0.05, 0.1) is 22.2 Å². The fourth-order valence-electron chi connectivity index (χ4n) is 1.52. The van der Waals surface area contributed by atoms with E-state index in [2.05, 4.69) is 4.98 Å². The van der Waals surface area contributed by atoms with Crippen LogP contribution < -0.4 is 0 Å². The second-order valence-electron chi connectivity index (χ2n) is 3.80. The Bertz CT molecular complexity index is 715. The Kier molecular flexibility index (Phi) is 4.34. The molecular formula is C11H4F5LiN4. The number of halogens is 5. The Hall–Kier alpha value is -2.08. The molecule has 0 aliphatic rings. The van der Waals surface area contributed by atoms with Crippen LogP contribution in [0.3, 0.4) is 0 Å². The van der Waals surface area contributed by atoms with E-state index in [1.165, 1.54) is 0 Å². The summed E-state index contributed by atoms with van der Waals surface area (Å²) in [5.41, 5.74) is -0.738. The van der Waals surface area contributed by atoms with Gasteiger partial charge in [-0.15, -0.1) is 0 Å². The summed E-state index contributed by atoms with van der Waals surface area (Å²) in [6.07, 6.45) is -5.79. The Morgan fingerprint density at radius 2 is 1.52 bits per heavy atom. The summed E-state index contributed by atoms with van der Waals surface area (Å²) in [4.78, 5) is 4.98. The molecule has 0 saturated heterocycles. The second-order valence-corrected chi connectivity index (χ2v) is 3.80. The van der Waals surface area contributed by atoms with Gasteiger partial charge in [-0.05, 0) is 12.1 Å². The predicted octanol–water partition coefficient (Wildman–Crippen LogP) is 2.31. The molecule has 0 fully saturated rings. The zero-order valence-corrected chi connectivity index (χ0v) is 9.39. The summed E-state index contributed by atoms with van der Waals surface area (Å²) in [5, 5.41) is 17.5. The van der Waals surface area contributed by atoms with Gasteiger partial charge in [0.1, 0.15) is 12.1 Å². The van der Waals surface area contributed by atoms with Crippen molar-refractivity contribution in [1.29, 1.82) is 10.5 Å². The maximum absolute atomic E-state index is 13.1. The maximum atomic E-state index is 13.1. The molecule has 0 aliphatic carbocycles. The molecule has 0 unspecified atom stereocenters. The number of fused-ring (bicyclic) bond motifs is 1. The molecular weight excluding hydrogens is 290 g/mol. The minimum atomic E-state index is -5.79. The third-order valence-corrected chi connectivity index (χ3v) is 2.52. The van der Waals surface area contributed by atoms with E-state index in [9.17, 15) is 22.0 Å². The molecule has 21 heavy (non-hydrogen) atoms. The SMILES string of the molecule is N#Cc1cc2nc(C(F)(F)C(F)(F)F)[nH]c2cc1C#N.[LiH]. The van der Waals surface area contributed by atoms with Crippen LogP contribution >= 0.6 is 0 Å². The van der Waals surface area contributed by atoms with Crippen molar-refractivity contribution in [2.75, 3.05) is 0 Å². The topological polar surface area (TPSA) is 76.3 Å². The van der Waals surface area contributed by atoms with Crippen LogP contribution in [0.5, 0.6) is 0 Å². The van der Waals surface area contributed by atoms with Crippen molar-refractivity contribution < 1.29 is 22.0 Å². The number of aromatic amines is 1. The number of alkyl halides is 5. The number of H-pyrrole nitrogens is 1. The third-order valence-electron chi connectivity index (χ3n) is 2.52. The standard InChI is InChI=1S/C11H3F5N4.Li.H/c12-10(13,11(14,15)16)9-19-7-1-5(3-17)6(4-18)2-8(7)20-9;;/h1-2H,(H,19,20);;. The van der Waals surface area contributed by atoms with Crippen molar-refractivity contribution in [2.45, 2.75) is 12.1 Å². The normalized spacial score (nSPS) is 11.6. The first-order chi connectivity index (χ1) is 9.20. The van der Waals surface area contributed by atoms with Crippen molar-refractivity contribution >= 4 is 29.9 Å². The molecule has 1 aromatic carbocycles. The summed E-state index contributed by atoms with van der Waals surface area (Å²) in [6, 6.07) is 5.24. The van der Waals surface area contributed by atoms with Gasteiger partial charge in [-0.2, -0.15) is 32.5 Å². The van der Waals surface area contributed by atoms with Gasteiger partial charge >= 0.3 is 31.0 Å². The molecule has 0 saturated carbocycles. The van der Waals surface area contributed by atoms with E-state index in [-0.39, 0.29) is 41.0 Å². The van der Waals surface area contributed by atoms with E-state index in [0.29, 0.717) is 0 Å². The van der Waals surface area contributed by atoms with Gasteiger partial charge in [-0.3, -0.25) is 0 Å². The molecule has 4 nitrogen and oxygen atoms in total. The van der Waals surface area contributed by atoms with Gasteiger partial charge in [-0.25, -0.2) is 4.98 Å². The number of nitrogens with one attached hydrogen (secondary N) is 1. The van der Waals surface area contributed by atoms with Crippen molar-refractivity contribution in [1.82, 2.24) is 9.97 Å². The minimum absolute atomic E-state index is 0. The Balaban J connectivity index is 0.00000220. The van der Waals surface area contributed by atoms with Crippen LogP contribution in [0.1, 0.15) is 17.0 Å². The van der Waals surface area contributed by atoms with Crippen LogP contribution in [0.2, 0.25) is 0 Å². The summed E-state index contributed by atoms with van der Waals surface area (Å²) in [6.45, 7) is 0. The number of benzene rings is 1. The molecule has 2 aromatic rings. The number of nitrogens with zero attached hydrogens (tertiary/aromatic N) is 3. The summed E-state index contributed by atoms with van der Waals surface area (Å²) >= 11 is 0. The van der Waals surface area contributed by atoms with Gasteiger partial charge in [0.15, 0.2) is 5.82 Å². The van der Waals surface area contributed by atoms with E-state index in [1.54, 1.807) is 12.1 Å². The number of hydrogen-bond donors (Lipinski definition) is 1. The number of imidazole rings is 1. The molecule has 0 bridgehead atoms. The first kappa shape index (κ1) is 17.0. The molecule has 0 amide bonds. The van der Waals surface area contributed by atoms with Crippen LogP contribution in [0.15, 0.2) is 12.1 Å². The molecule has 0 spiro atoms. The van der Waals surface area contributed by atoms with Gasteiger partial charge < -0.3 is 4.98 Å². The molecule has 1 heterocycles. The number of nitriles is 2. The summed E-state index contributed by atoms with van der Waals surface area (Å²) in [5.74, 6) is -6.73. The van der Waals surface area contributed by atoms with Crippen LogP contribution in [-0.2, 0) is 5.92 Å². The van der Waals surface area contributed by atoms with E-state index < -0.39 is 17.9 Å². The Morgan fingerprint density at radius 3 is 2.00 bits per heavy atom. The van der Waals surface area contributed by atoms with E-state index in [4.69, 9.17) is 10.5 Å². The number of aromatic nitrogens is 2. The van der Waals surface area contributed by atoms with Crippen molar-refractivity contribution in [3.05, 3.63) is 29.1 Å². The van der Waals surface area contributed by atoms with Crippen LogP contribution in [0.25, 0.3) is 11.0 Å². The average molecular weight is 294 g/mol. The number of hydrogen-bond acceptors (Lipinski definition) is 3. The van der Waals surface area contributed by atoms with Crippen molar-refractivity contribution in [3.8, 4) is 12.1 Å². The van der Waals surface area contributed by atoms with Crippen molar-refractivity contribution in [2.24, 2.45) is 0 Å². The molecule has 0 aliphatic heterocycles. The third kappa shape index (κ3) is 2.71. The fourth-order valence-corrected chi connectivity index (χ4v) is 1.52. The van der Waals surface area contributed by atoms with Crippen LogP contribution in [-0.4, -0.2) is 35.0 Å². The van der Waals surface area contributed by atoms with Crippen LogP contribution in [0, 0.1) is 22.7 Å². The molecule has 1 N–H and O–H groups in total. The van der Waals surface area contributed by atoms with Crippen molar-refractivity contribution in [3.63, 3.8) is 0 Å². The molecule has 0 radical (unpaired) electrons. The molecule has 1 aromatic heterocycles. The van der Waals surface area contributed by atoms with Crippen LogP contribution in [0.4, 0.5) is 22.0 Å². The molecule has 0 atom stereocenters. The van der Waals surface area contributed by atoms with E-state index in [0.717, 1.165) is 12.1 Å². The Morgan fingerprint density at radius 1 is 1.00 bits per heavy atom. The molecule has 2 rings (SSSR count). The predicted molar refractivity (Wildman–Crippen MR) is 62.6 cm³/mol. The zero-order valence-electron chi connectivity index (χ0n) is 9.39. The van der Waals surface area contributed by atoms with Gasteiger partial charge in [0.25, 0.3) is 0 Å². The van der Waals surface area contributed by atoms with Gasteiger partial charge in [-0.1, -0.05) is 0 Å². The monoisotopic (exact) mass is 294 g/mol. The second kappa shape index (κ2) is 5.36. The number of rotatable bonds is 1. The van der Waals surface area contributed by atoms with E-state index in [1.807, 2.05) is 4.98 Å². The van der Waals surface area contributed by atoms with E-state index >= 15 is 0 Å². The first-order valence-corrected chi connectivity index (χ1v) is 4.99.